The molecule has 3 heterocycles. The molecule has 0 amide bonds. The fraction of sp³-hybridized carbons (Fsp3) is 0. The summed E-state index contributed by atoms with van der Waals surface area (Å²) in [5.41, 5.74) is 7.20. The van der Waals surface area contributed by atoms with E-state index in [9.17, 15) is 0 Å². The lowest BCUT2D eigenvalue weighted by Crippen LogP contribution is -2.02. The van der Waals surface area contributed by atoms with Crippen LogP contribution in [0.5, 0.6) is 11.5 Å². The van der Waals surface area contributed by atoms with E-state index < -0.39 is 0 Å². The SMILES string of the molecule is c1ccc2c(c1)Oc1cccc3nc(-c4ccc(-n5c6ccccc6c6c7ccc8ccc9ccccc9c8c7ccc65)cc4)nc-2c13. The number of nitrogens with zero attached hydrogens (tertiary/aromatic N) is 3. The van der Waals surface area contributed by atoms with Gasteiger partial charge in [0.1, 0.15) is 11.5 Å². The Balaban J connectivity index is 1.11. The molecule has 2 aromatic heterocycles. The topological polar surface area (TPSA) is 39.9 Å². The molecule has 0 bridgehead atoms. The number of hydrogen-bond acceptors (Lipinski definition) is 3. The fourth-order valence-corrected chi connectivity index (χ4v) is 7.85. The molecule has 1 aliphatic heterocycles. The van der Waals surface area contributed by atoms with Crippen LogP contribution in [0.1, 0.15) is 0 Å². The van der Waals surface area contributed by atoms with E-state index >= 15 is 0 Å². The Morgan fingerprint density at radius 3 is 2.10 bits per heavy atom. The first-order chi connectivity index (χ1) is 23.8. The van der Waals surface area contributed by atoms with Gasteiger partial charge >= 0.3 is 0 Å². The number of hydrogen-bond donors (Lipinski definition) is 0. The lowest BCUT2D eigenvalue weighted by Gasteiger charge is -2.20. The van der Waals surface area contributed by atoms with Gasteiger partial charge in [0.15, 0.2) is 5.82 Å². The third-order valence-electron chi connectivity index (χ3n) is 9.97. The third-order valence-corrected chi connectivity index (χ3v) is 9.97. The van der Waals surface area contributed by atoms with Crippen molar-refractivity contribution < 1.29 is 4.74 Å². The minimum atomic E-state index is 0.699. The maximum atomic E-state index is 6.21. The van der Waals surface area contributed by atoms with Gasteiger partial charge in [0.25, 0.3) is 0 Å². The molecule has 0 spiro atoms. The molecule has 0 aliphatic carbocycles. The van der Waals surface area contributed by atoms with Crippen LogP contribution in [-0.2, 0) is 0 Å². The van der Waals surface area contributed by atoms with Crippen molar-refractivity contribution >= 4 is 65.0 Å². The first-order valence-electron chi connectivity index (χ1n) is 16.3. The number of para-hydroxylation sites is 2. The second-order valence-corrected chi connectivity index (χ2v) is 12.5. The van der Waals surface area contributed by atoms with E-state index in [4.69, 9.17) is 14.7 Å². The molecule has 0 fully saturated rings. The van der Waals surface area contributed by atoms with Gasteiger partial charge in [-0.25, -0.2) is 9.97 Å². The lowest BCUT2D eigenvalue weighted by molar-refractivity contribution is 0.486. The van der Waals surface area contributed by atoms with Crippen LogP contribution >= 0.6 is 0 Å². The van der Waals surface area contributed by atoms with Crippen LogP contribution in [0.3, 0.4) is 0 Å². The van der Waals surface area contributed by atoms with Gasteiger partial charge in [-0.2, -0.15) is 0 Å². The summed E-state index contributed by atoms with van der Waals surface area (Å²) in [5.74, 6) is 2.31. The highest BCUT2D eigenvalue weighted by molar-refractivity contribution is 6.29. The Morgan fingerprint density at radius 1 is 0.438 bits per heavy atom. The summed E-state index contributed by atoms with van der Waals surface area (Å²) in [7, 11) is 0. The zero-order chi connectivity index (χ0) is 31.3. The van der Waals surface area contributed by atoms with E-state index in [1.165, 1.54) is 54.1 Å². The van der Waals surface area contributed by atoms with Gasteiger partial charge in [0.05, 0.1) is 27.6 Å². The monoisotopic (exact) mass is 611 g/mol. The molecule has 0 saturated heterocycles. The van der Waals surface area contributed by atoms with Crippen molar-refractivity contribution in [1.29, 1.82) is 0 Å². The molecule has 0 saturated carbocycles. The molecule has 1 aliphatic rings. The molecule has 8 aromatic carbocycles. The zero-order valence-corrected chi connectivity index (χ0v) is 25.7. The van der Waals surface area contributed by atoms with Crippen LogP contribution in [0.25, 0.3) is 93.4 Å². The molecule has 4 heteroatoms. The van der Waals surface area contributed by atoms with Crippen LogP contribution in [-0.4, -0.2) is 14.5 Å². The highest BCUT2D eigenvalue weighted by Crippen LogP contribution is 2.46. The van der Waals surface area contributed by atoms with E-state index in [0.29, 0.717) is 5.82 Å². The average molecular weight is 612 g/mol. The molecule has 48 heavy (non-hydrogen) atoms. The van der Waals surface area contributed by atoms with Gasteiger partial charge in [-0.3, -0.25) is 0 Å². The van der Waals surface area contributed by atoms with Crippen LogP contribution in [0.4, 0.5) is 0 Å². The minimum Gasteiger partial charge on any atom is -0.456 e. The van der Waals surface area contributed by atoms with Crippen LogP contribution in [0.2, 0.25) is 0 Å². The molecule has 4 nitrogen and oxygen atoms in total. The number of aromatic nitrogens is 3. The van der Waals surface area contributed by atoms with Crippen molar-refractivity contribution in [1.82, 2.24) is 14.5 Å². The molecular weight excluding hydrogens is 587 g/mol. The summed E-state index contributed by atoms with van der Waals surface area (Å²) in [6, 6.07) is 53.8. The van der Waals surface area contributed by atoms with Crippen LogP contribution in [0.15, 0.2) is 152 Å². The van der Waals surface area contributed by atoms with E-state index in [1.807, 2.05) is 36.4 Å². The first kappa shape index (κ1) is 25.6. The Hall–Kier alpha value is -6.52. The maximum absolute atomic E-state index is 6.21. The highest BCUT2D eigenvalue weighted by Gasteiger charge is 2.23. The number of rotatable bonds is 2. The van der Waals surface area contributed by atoms with Gasteiger partial charge in [-0.15, -0.1) is 0 Å². The molecular formula is C44H25N3O. The van der Waals surface area contributed by atoms with Gasteiger partial charge in [-0.05, 0) is 93.0 Å². The normalized spacial score (nSPS) is 12.3. The van der Waals surface area contributed by atoms with E-state index in [2.05, 4.69) is 120 Å². The second kappa shape index (κ2) is 9.50. The Bertz CT molecular complexity index is 2970. The Labute approximate surface area is 275 Å². The standard InChI is InChI=1S/C44H25N3O/c1-2-9-30-26(8-1)16-17-27-20-23-32-31(40(27)30)24-25-37-41(32)33-10-3-5-13-36(33)47(37)29-21-18-28(19-22-29)44-45-35-12-7-15-39-42(35)43(46-44)34-11-4-6-14-38(34)48-39/h1-25H. The molecule has 0 unspecified atom stereocenters. The van der Waals surface area contributed by atoms with Crippen molar-refractivity contribution in [3.05, 3.63) is 152 Å². The lowest BCUT2D eigenvalue weighted by atomic mass is 9.94. The third kappa shape index (κ3) is 3.49. The zero-order valence-electron chi connectivity index (χ0n) is 25.7. The highest BCUT2D eigenvalue weighted by atomic mass is 16.5. The Kier molecular flexibility index (Phi) is 5.08. The molecule has 11 rings (SSSR count). The molecule has 0 radical (unpaired) electrons. The molecule has 10 aromatic rings. The minimum absolute atomic E-state index is 0.699. The van der Waals surface area contributed by atoms with Gasteiger partial charge in [0, 0.05) is 27.6 Å². The second-order valence-electron chi connectivity index (χ2n) is 12.5. The summed E-state index contributed by atoms with van der Waals surface area (Å²) in [6.07, 6.45) is 0. The van der Waals surface area contributed by atoms with Gasteiger partial charge < -0.3 is 9.30 Å². The first-order valence-corrected chi connectivity index (χ1v) is 16.3. The maximum Gasteiger partial charge on any atom is 0.160 e. The summed E-state index contributed by atoms with van der Waals surface area (Å²) < 4.78 is 8.59. The summed E-state index contributed by atoms with van der Waals surface area (Å²) in [6.45, 7) is 0. The quantitative estimate of drug-likeness (QED) is 0.183. The predicted octanol–water partition coefficient (Wildman–Crippen LogP) is 11.6. The summed E-state index contributed by atoms with van der Waals surface area (Å²) in [4.78, 5) is 10.1. The Morgan fingerprint density at radius 2 is 1.17 bits per heavy atom. The van der Waals surface area contributed by atoms with Crippen molar-refractivity contribution in [3.8, 4) is 39.8 Å². The number of ether oxygens (including phenoxy) is 1. The number of benzene rings is 8. The van der Waals surface area contributed by atoms with Crippen molar-refractivity contribution in [2.75, 3.05) is 0 Å². The van der Waals surface area contributed by atoms with Gasteiger partial charge in [-0.1, -0.05) is 91.0 Å². The van der Waals surface area contributed by atoms with Crippen molar-refractivity contribution in [2.24, 2.45) is 0 Å². The van der Waals surface area contributed by atoms with E-state index in [0.717, 1.165) is 44.9 Å². The smallest absolute Gasteiger partial charge is 0.160 e. The summed E-state index contributed by atoms with van der Waals surface area (Å²) >= 11 is 0. The predicted molar refractivity (Wildman–Crippen MR) is 197 cm³/mol. The molecule has 0 atom stereocenters. The average Bonchev–Trinajstić information content (AvgIpc) is 3.49. The van der Waals surface area contributed by atoms with Crippen molar-refractivity contribution in [3.63, 3.8) is 0 Å². The fourth-order valence-electron chi connectivity index (χ4n) is 7.85. The number of fused-ring (bicyclic) bond motifs is 11. The molecule has 0 N–H and O–H groups in total. The van der Waals surface area contributed by atoms with Crippen LogP contribution < -0.4 is 4.74 Å². The van der Waals surface area contributed by atoms with E-state index in [-0.39, 0.29) is 0 Å². The largest absolute Gasteiger partial charge is 0.456 e. The van der Waals surface area contributed by atoms with Crippen LogP contribution in [0, 0.1) is 0 Å². The van der Waals surface area contributed by atoms with Gasteiger partial charge in [0.2, 0.25) is 0 Å². The molecule has 222 valence electrons. The van der Waals surface area contributed by atoms with Crippen molar-refractivity contribution in [2.45, 2.75) is 0 Å². The summed E-state index contributed by atoms with van der Waals surface area (Å²) in [5, 5.41) is 11.1. The van der Waals surface area contributed by atoms with E-state index in [1.54, 1.807) is 0 Å².